The van der Waals surface area contributed by atoms with Gasteiger partial charge in [0.1, 0.15) is 0 Å². The van der Waals surface area contributed by atoms with Crippen LogP contribution >= 0.6 is 0 Å². The van der Waals surface area contributed by atoms with E-state index in [1.54, 1.807) is 0 Å². The highest BCUT2D eigenvalue weighted by Crippen LogP contribution is 2.69. The molecule has 3 saturated carbocycles. The molecule has 3 unspecified atom stereocenters. The number of hydrogen-bond acceptors (Lipinski definition) is 3. The molecule has 0 bridgehead atoms. The highest BCUT2D eigenvalue weighted by atomic mass is 32.2. The minimum Gasteiger partial charge on any atom is -0.390 e. The molecule has 4 aliphatic rings. The Morgan fingerprint density at radius 3 is 2.41 bits per heavy atom. The number of carbonyl (C=O) groups excluding carboxylic acids is 1. The van der Waals surface area contributed by atoms with Crippen LogP contribution in [0.5, 0.6) is 0 Å². The average molecular weight is 525 g/mol. The number of unbranched alkanes of at least 4 members (excludes halogenated alkanes) is 4. The molecule has 0 heterocycles. The first kappa shape index (κ1) is 27.3. The predicted molar refractivity (Wildman–Crippen MR) is 152 cm³/mol. The molecule has 0 saturated heterocycles. The third kappa shape index (κ3) is 5.07. The average Bonchev–Trinajstić information content (AvgIpc) is 3.13. The molecule has 37 heavy (non-hydrogen) atoms. The molecule has 1 aromatic rings. The smallest absolute Gasteiger partial charge is 0.155 e. The Balaban J connectivity index is 1.20. The van der Waals surface area contributed by atoms with E-state index in [0.29, 0.717) is 35.9 Å². The zero-order valence-electron chi connectivity index (χ0n) is 23.3. The van der Waals surface area contributed by atoms with Gasteiger partial charge in [-0.1, -0.05) is 63.3 Å². The fourth-order valence-corrected chi connectivity index (χ4v) is 10.3. The Kier molecular flexibility index (Phi) is 7.91. The van der Waals surface area contributed by atoms with E-state index in [4.69, 9.17) is 0 Å². The molecule has 1 aromatic carbocycles. The summed E-state index contributed by atoms with van der Waals surface area (Å²) in [5.74, 6) is 3.68. The van der Waals surface area contributed by atoms with Crippen LogP contribution in [-0.2, 0) is 15.6 Å². The lowest BCUT2D eigenvalue weighted by Crippen LogP contribution is -2.56. The zero-order valence-corrected chi connectivity index (χ0v) is 24.2. The summed E-state index contributed by atoms with van der Waals surface area (Å²) in [5, 5.41) is 11.4. The van der Waals surface area contributed by atoms with Crippen molar-refractivity contribution in [3.63, 3.8) is 0 Å². The molecule has 0 aromatic heterocycles. The highest BCUT2D eigenvalue weighted by molar-refractivity contribution is 7.85. The van der Waals surface area contributed by atoms with Crippen molar-refractivity contribution < 1.29 is 14.1 Å². The number of aliphatic hydroxyl groups is 1. The summed E-state index contributed by atoms with van der Waals surface area (Å²) in [4.78, 5) is 13.4. The van der Waals surface area contributed by atoms with Crippen LogP contribution in [0.15, 0.2) is 46.9 Å². The lowest BCUT2D eigenvalue weighted by molar-refractivity contribution is -0.135. The van der Waals surface area contributed by atoms with Crippen molar-refractivity contribution in [2.24, 2.45) is 34.5 Å². The molecule has 3 fully saturated rings. The molecule has 0 aliphatic heterocycles. The van der Waals surface area contributed by atoms with Crippen LogP contribution < -0.4 is 0 Å². The number of hydrogen-bond donors (Lipinski definition) is 1. The van der Waals surface area contributed by atoms with Crippen LogP contribution in [0, 0.1) is 34.5 Å². The molecule has 8 atom stereocenters. The van der Waals surface area contributed by atoms with Gasteiger partial charge in [-0.3, -0.25) is 9.00 Å². The Labute approximate surface area is 227 Å². The number of benzene rings is 1. The van der Waals surface area contributed by atoms with Crippen LogP contribution in [0.4, 0.5) is 0 Å². The van der Waals surface area contributed by atoms with E-state index in [9.17, 15) is 14.1 Å². The molecule has 4 heteroatoms. The Bertz CT molecular complexity index is 1030. The van der Waals surface area contributed by atoms with Crippen LogP contribution in [0.3, 0.4) is 0 Å². The second kappa shape index (κ2) is 10.7. The van der Waals surface area contributed by atoms with Crippen molar-refractivity contribution in [1.82, 2.24) is 0 Å². The Hall–Kier alpha value is -1.26. The van der Waals surface area contributed by atoms with Gasteiger partial charge in [-0.15, -0.1) is 0 Å². The number of ketones is 1. The monoisotopic (exact) mass is 524 g/mol. The molecule has 204 valence electrons. The molecule has 1 N–H and O–H groups in total. The number of fused-ring (bicyclic) bond motifs is 5. The second-order valence-corrected chi connectivity index (χ2v) is 15.1. The topological polar surface area (TPSA) is 54.4 Å². The molecular weight excluding hydrogens is 476 g/mol. The largest absolute Gasteiger partial charge is 0.390 e. The lowest BCUT2D eigenvalue weighted by atomic mass is 9.44. The van der Waals surface area contributed by atoms with Crippen molar-refractivity contribution in [1.29, 1.82) is 0 Å². The lowest BCUT2D eigenvalue weighted by Gasteiger charge is -2.61. The Morgan fingerprint density at radius 1 is 0.919 bits per heavy atom. The van der Waals surface area contributed by atoms with Crippen molar-refractivity contribution in [2.45, 2.75) is 115 Å². The summed E-state index contributed by atoms with van der Waals surface area (Å²) in [5.41, 5.74) is 1.11. The van der Waals surface area contributed by atoms with Crippen LogP contribution in [0.1, 0.15) is 104 Å². The van der Waals surface area contributed by atoms with Gasteiger partial charge in [0.15, 0.2) is 5.78 Å². The van der Waals surface area contributed by atoms with Crippen molar-refractivity contribution in [2.75, 3.05) is 5.75 Å². The van der Waals surface area contributed by atoms with E-state index in [0.717, 1.165) is 55.6 Å². The molecule has 5 rings (SSSR count). The van der Waals surface area contributed by atoms with E-state index >= 15 is 0 Å². The van der Waals surface area contributed by atoms with Gasteiger partial charge in [-0.05, 0) is 111 Å². The summed E-state index contributed by atoms with van der Waals surface area (Å²) in [6.45, 7) is 6.95. The van der Waals surface area contributed by atoms with E-state index in [-0.39, 0.29) is 10.8 Å². The van der Waals surface area contributed by atoms with Gasteiger partial charge in [0.2, 0.25) is 0 Å². The van der Waals surface area contributed by atoms with Gasteiger partial charge < -0.3 is 5.11 Å². The third-order valence-electron chi connectivity index (χ3n) is 11.6. The van der Waals surface area contributed by atoms with Crippen LogP contribution in [0.2, 0.25) is 0 Å². The van der Waals surface area contributed by atoms with Gasteiger partial charge in [0.05, 0.1) is 16.4 Å². The molecule has 0 radical (unpaired) electrons. The first-order valence-corrected chi connectivity index (χ1v) is 16.4. The highest BCUT2D eigenvalue weighted by Gasteiger charge is 2.64. The van der Waals surface area contributed by atoms with E-state index in [2.05, 4.69) is 20.8 Å². The van der Waals surface area contributed by atoms with Crippen molar-refractivity contribution in [3.05, 3.63) is 42.0 Å². The molecule has 3 nitrogen and oxygen atoms in total. The molecule has 4 aliphatic carbocycles. The van der Waals surface area contributed by atoms with E-state index in [1.807, 2.05) is 36.4 Å². The first-order valence-electron chi connectivity index (χ1n) is 15.1. The summed E-state index contributed by atoms with van der Waals surface area (Å²) >= 11 is 0. The maximum absolute atomic E-state index is 12.5. The van der Waals surface area contributed by atoms with Crippen LogP contribution in [0.25, 0.3) is 0 Å². The standard InChI is InChI=1S/C33H48O3S/c1-31-18-15-26(34)23-25(31)22-24(30-28(31)16-19-32(2)29(30)17-20-33(32,3)35)12-8-5-4-6-11-21-37(36)27-13-9-7-10-14-27/h7,9-10,13-14,23-24,28-30,35H,4-6,8,11-12,15-22H2,1-3H3/t24?,28-,29+,30-,31+,32+,33?,37?/m1/s1. The first-order chi connectivity index (χ1) is 17.7. The molecule has 0 amide bonds. The summed E-state index contributed by atoms with van der Waals surface area (Å²) in [7, 11) is -0.878. The quantitative estimate of drug-likeness (QED) is 0.338. The normalized spacial score (nSPS) is 39.9. The number of allylic oxidation sites excluding steroid dienone is 1. The summed E-state index contributed by atoms with van der Waals surface area (Å²) < 4.78 is 12.5. The SMILES string of the molecule is CC1(O)CC[C@H]2[C@@H]3C(CCCCCCCS(=O)c4ccccc4)CC4=CC(=O)CC[C@]4(C)[C@@H]3CC[C@@]21C. The van der Waals surface area contributed by atoms with Gasteiger partial charge in [0, 0.05) is 17.1 Å². The minimum absolute atomic E-state index is 0.0306. The predicted octanol–water partition coefficient (Wildman–Crippen LogP) is 7.64. The minimum atomic E-state index is -0.878. The maximum Gasteiger partial charge on any atom is 0.155 e. The van der Waals surface area contributed by atoms with Gasteiger partial charge in [-0.25, -0.2) is 0 Å². The zero-order chi connectivity index (χ0) is 26.3. The van der Waals surface area contributed by atoms with E-state index < -0.39 is 16.4 Å². The summed E-state index contributed by atoms with van der Waals surface area (Å²) in [6, 6.07) is 9.84. The van der Waals surface area contributed by atoms with Gasteiger partial charge >= 0.3 is 0 Å². The summed E-state index contributed by atoms with van der Waals surface area (Å²) in [6.07, 6.45) is 16.4. The van der Waals surface area contributed by atoms with Crippen LogP contribution in [-0.4, -0.2) is 26.5 Å². The molecule has 0 spiro atoms. The Morgan fingerprint density at radius 2 is 1.62 bits per heavy atom. The fraction of sp³-hybridized carbons (Fsp3) is 0.727. The number of carbonyl (C=O) groups is 1. The van der Waals surface area contributed by atoms with E-state index in [1.165, 1.54) is 37.7 Å². The van der Waals surface area contributed by atoms with Gasteiger partial charge in [-0.2, -0.15) is 0 Å². The fourth-order valence-electron chi connectivity index (χ4n) is 9.10. The third-order valence-corrected chi connectivity index (χ3v) is 13.1. The van der Waals surface area contributed by atoms with Gasteiger partial charge in [0.25, 0.3) is 0 Å². The molecular formula is C33H48O3S. The maximum atomic E-state index is 12.5. The number of rotatable bonds is 9. The van der Waals surface area contributed by atoms with Crippen molar-refractivity contribution >= 4 is 16.6 Å². The second-order valence-electron chi connectivity index (χ2n) is 13.5. The van der Waals surface area contributed by atoms with Crippen molar-refractivity contribution in [3.8, 4) is 0 Å².